The molecule has 1 amide bonds. The van der Waals surface area contributed by atoms with Gasteiger partial charge in [-0.1, -0.05) is 36.4 Å². The van der Waals surface area contributed by atoms with Gasteiger partial charge in [-0.3, -0.25) is 14.2 Å². The average Bonchev–Trinajstić information content (AvgIpc) is 3.13. The van der Waals surface area contributed by atoms with E-state index in [9.17, 15) is 14.4 Å². The summed E-state index contributed by atoms with van der Waals surface area (Å²) in [6.07, 6.45) is 0. The number of anilines is 1. The monoisotopic (exact) mass is 418 g/mol. The molecule has 0 saturated carbocycles. The molecule has 0 aliphatic carbocycles. The van der Waals surface area contributed by atoms with Gasteiger partial charge in [0.05, 0.1) is 18.0 Å². The van der Waals surface area contributed by atoms with Crippen LogP contribution in [0, 0.1) is 0 Å². The minimum Gasteiger partial charge on any atom is -0.462 e. The second-order valence-electron chi connectivity index (χ2n) is 6.41. The molecule has 6 nitrogen and oxygen atoms in total. The Labute approximate surface area is 176 Å². The van der Waals surface area contributed by atoms with Gasteiger partial charge in [0.25, 0.3) is 11.5 Å². The van der Waals surface area contributed by atoms with Gasteiger partial charge in [0, 0.05) is 17.0 Å². The normalized spacial score (nSPS) is 10.7. The molecule has 4 aromatic rings. The lowest BCUT2D eigenvalue weighted by atomic mass is 10.2. The van der Waals surface area contributed by atoms with E-state index in [1.54, 1.807) is 37.3 Å². The Morgan fingerprint density at radius 3 is 2.30 bits per heavy atom. The van der Waals surface area contributed by atoms with Gasteiger partial charge >= 0.3 is 5.97 Å². The molecule has 0 bridgehead atoms. The molecule has 0 saturated heterocycles. The molecule has 2 aromatic heterocycles. The van der Waals surface area contributed by atoms with Crippen LogP contribution in [0.3, 0.4) is 0 Å². The van der Waals surface area contributed by atoms with Crippen LogP contribution in [0.25, 0.3) is 15.9 Å². The Bertz CT molecular complexity index is 1280. The highest BCUT2D eigenvalue weighted by Gasteiger charge is 2.24. The summed E-state index contributed by atoms with van der Waals surface area (Å²) in [7, 11) is 0. The van der Waals surface area contributed by atoms with E-state index in [1.165, 1.54) is 10.6 Å². The van der Waals surface area contributed by atoms with Crippen LogP contribution in [0.15, 0.2) is 77.6 Å². The molecule has 30 heavy (non-hydrogen) atoms. The number of para-hydroxylation sites is 1. The molecule has 1 N–H and O–H groups in total. The highest BCUT2D eigenvalue weighted by molar-refractivity contribution is 7.21. The van der Waals surface area contributed by atoms with Crippen molar-refractivity contribution in [3.05, 3.63) is 93.6 Å². The summed E-state index contributed by atoms with van der Waals surface area (Å²) in [5.74, 6) is -0.896. The third-order valence-electron chi connectivity index (χ3n) is 4.49. The van der Waals surface area contributed by atoms with Gasteiger partial charge in [-0.15, -0.1) is 11.3 Å². The van der Waals surface area contributed by atoms with Crippen molar-refractivity contribution >= 4 is 39.1 Å². The molecule has 0 atom stereocenters. The van der Waals surface area contributed by atoms with Crippen molar-refractivity contribution in [1.29, 1.82) is 0 Å². The van der Waals surface area contributed by atoms with Crippen molar-refractivity contribution in [2.24, 2.45) is 0 Å². The minimum atomic E-state index is -0.547. The minimum absolute atomic E-state index is 0.199. The predicted molar refractivity (Wildman–Crippen MR) is 118 cm³/mol. The summed E-state index contributed by atoms with van der Waals surface area (Å²) in [5.41, 5.74) is 1.24. The van der Waals surface area contributed by atoms with E-state index in [4.69, 9.17) is 4.74 Å². The number of nitrogens with zero attached hydrogens (tertiary/aromatic N) is 1. The van der Waals surface area contributed by atoms with Crippen molar-refractivity contribution in [3.8, 4) is 5.69 Å². The first-order chi connectivity index (χ1) is 14.6. The zero-order valence-electron chi connectivity index (χ0n) is 16.1. The SMILES string of the molecule is CCOC(=O)c1sc2c(ccc(=O)n2-c2ccccc2)c1NC(=O)c1ccccc1. The highest BCUT2D eigenvalue weighted by atomic mass is 32.1. The van der Waals surface area contributed by atoms with Crippen LogP contribution >= 0.6 is 11.3 Å². The average molecular weight is 418 g/mol. The van der Waals surface area contributed by atoms with Crippen molar-refractivity contribution < 1.29 is 14.3 Å². The zero-order chi connectivity index (χ0) is 21.1. The van der Waals surface area contributed by atoms with Crippen molar-refractivity contribution in [2.45, 2.75) is 6.92 Å². The van der Waals surface area contributed by atoms with Crippen molar-refractivity contribution in [3.63, 3.8) is 0 Å². The number of ether oxygens (including phenoxy) is 1. The molecule has 0 aliphatic heterocycles. The summed E-state index contributed by atoms with van der Waals surface area (Å²) in [4.78, 5) is 38.9. The van der Waals surface area contributed by atoms with E-state index in [0.29, 0.717) is 27.2 Å². The van der Waals surface area contributed by atoms with Gasteiger partial charge in [0.2, 0.25) is 0 Å². The van der Waals surface area contributed by atoms with Crippen LogP contribution in [0.2, 0.25) is 0 Å². The van der Waals surface area contributed by atoms with E-state index in [0.717, 1.165) is 11.3 Å². The molecule has 0 unspecified atom stereocenters. The number of fused-ring (bicyclic) bond motifs is 1. The van der Waals surface area contributed by atoms with E-state index in [2.05, 4.69) is 5.32 Å². The van der Waals surface area contributed by atoms with Crippen LogP contribution in [0.4, 0.5) is 5.69 Å². The smallest absolute Gasteiger partial charge is 0.350 e. The Morgan fingerprint density at radius 1 is 0.967 bits per heavy atom. The van der Waals surface area contributed by atoms with E-state index >= 15 is 0 Å². The Morgan fingerprint density at radius 2 is 1.63 bits per heavy atom. The van der Waals surface area contributed by atoms with Gasteiger partial charge in [-0.2, -0.15) is 0 Å². The van der Waals surface area contributed by atoms with Crippen LogP contribution < -0.4 is 10.9 Å². The third kappa shape index (κ3) is 3.62. The molecule has 0 fully saturated rings. The highest BCUT2D eigenvalue weighted by Crippen LogP contribution is 2.37. The molecule has 150 valence electrons. The topological polar surface area (TPSA) is 77.4 Å². The summed E-state index contributed by atoms with van der Waals surface area (Å²) >= 11 is 1.12. The van der Waals surface area contributed by atoms with Crippen LogP contribution in [-0.2, 0) is 4.74 Å². The Kier molecular flexibility index (Phi) is 5.45. The molecule has 0 spiro atoms. The fourth-order valence-electron chi connectivity index (χ4n) is 3.14. The quantitative estimate of drug-likeness (QED) is 0.485. The second-order valence-corrected chi connectivity index (χ2v) is 7.41. The standard InChI is InChI=1S/C23H18N2O4S/c1-2-29-23(28)20-19(24-21(27)15-9-5-3-6-10-15)17-13-14-18(26)25(22(17)30-20)16-11-7-4-8-12-16/h3-14H,2H2,1H3,(H,24,27). The largest absolute Gasteiger partial charge is 0.462 e. The lowest BCUT2D eigenvalue weighted by Gasteiger charge is -2.09. The lowest BCUT2D eigenvalue weighted by molar-refractivity contribution is 0.0533. The molecular weight excluding hydrogens is 400 g/mol. The van der Waals surface area contributed by atoms with Gasteiger partial charge in [-0.05, 0) is 37.3 Å². The maximum absolute atomic E-state index is 12.8. The van der Waals surface area contributed by atoms with E-state index < -0.39 is 5.97 Å². The second kappa shape index (κ2) is 8.34. The van der Waals surface area contributed by atoms with Crippen molar-refractivity contribution in [2.75, 3.05) is 11.9 Å². The summed E-state index contributed by atoms with van der Waals surface area (Å²) in [6.45, 7) is 1.91. The van der Waals surface area contributed by atoms with Gasteiger partial charge in [0.15, 0.2) is 0 Å². The number of aromatic nitrogens is 1. The maximum atomic E-state index is 12.8. The number of rotatable bonds is 5. The third-order valence-corrected chi connectivity index (χ3v) is 5.66. The Balaban J connectivity index is 1.91. The molecule has 4 rings (SSSR count). The lowest BCUT2D eigenvalue weighted by Crippen LogP contribution is -2.17. The first-order valence-corrected chi connectivity index (χ1v) is 10.2. The Hall–Kier alpha value is -3.71. The number of benzene rings is 2. The van der Waals surface area contributed by atoms with Gasteiger partial charge < -0.3 is 10.1 Å². The number of carbonyl (C=O) groups excluding carboxylic acids is 2. The summed E-state index contributed by atoms with van der Waals surface area (Å²) in [6, 6.07) is 20.9. The molecule has 7 heteroatoms. The number of thiophene rings is 1. The number of hydrogen-bond donors (Lipinski definition) is 1. The van der Waals surface area contributed by atoms with E-state index in [1.807, 2.05) is 36.4 Å². The summed E-state index contributed by atoms with van der Waals surface area (Å²) < 4.78 is 6.72. The van der Waals surface area contributed by atoms with Crippen LogP contribution in [-0.4, -0.2) is 23.1 Å². The van der Waals surface area contributed by atoms with Crippen molar-refractivity contribution in [1.82, 2.24) is 4.57 Å². The fraction of sp³-hybridized carbons (Fsp3) is 0.0870. The van der Waals surface area contributed by atoms with Crippen LogP contribution in [0.5, 0.6) is 0 Å². The molecular formula is C23H18N2O4S. The van der Waals surface area contributed by atoms with Gasteiger partial charge in [-0.25, -0.2) is 4.79 Å². The first-order valence-electron chi connectivity index (χ1n) is 9.37. The zero-order valence-corrected chi connectivity index (χ0v) is 16.9. The van der Waals surface area contributed by atoms with Gasteiger partial charge in [0.1, 0.15) is 9.71 Å². The molecule has 0 radical (unpaired) electrons. The molecule has 0 aliphatic rings. The number of nitrogens with one attached hydrogen (secondary N) is 1. The number of hydrogen-bond acceptors (Lipinski definition) is 5. The molecule has 2 aromatic carbocycles. The molecule has 2 heterocycles. The first kappa shape index (κ1) is 19.6. The maximum Gasteiger partial charge on any atom is 0.350 e. The van der Waals surface area contributed by atoms with E-state index in [-0.39, 0.29) is 23.0 Å². The predicted octanol–water partition coefficient (Wildman–Crippen LogP) is 4.48. The van der Waals surface area contributed by atoms with Crippen LogP contribution in [0.1, 0.15) is 27.0 Å². The number of amides is 1. The fourth-order valence-corrected chi connectivity index (χ4v) is 4.31. The number of pyridine rings is 1. The number of esters is 1. The summed E-state index contributed by atoms with van der Waals surface area (Å²) in [5, 5.41) is 3.44. The number of carbonyl (C=O) groups is 2.